The first-order chi connectivity index (χ1) is 11.0. The van der Waals surface area contributed by atoms with Gasteiger partial charge in [-0.25, -0.2) is 4.79 Å². The maximum absolute atomic E-state index is 11.7. The quantitative estimate of drug-likeness (QED) is 0.673. The molecule has 126 valence electrons. The van der Waals surface area contributed by atoms with Gasteiger partial charge >= 0.3 is 5.76 Å². The highest BCUT2D eigenvalue weighted by Gasteiger charge is 2.04. The zero-order valence-corrected chi connectivity index (χ0v) is 13.6. The van der Waals surface area contributed by atoms with E-state index in [-0.39, 0.29) is 5.91 Å². The van der Waals surface area contributed by atoms with Crippen molar-refractivity contribution in [1.82, 2.24) is 25.2 Å². The van der Waals surface area contributed by atoms with Gasteiger partial charge in [0, 0.05) is 31.6 Å². The highest BCUT2D eigenvalue weighted by atomic mass is 16.5. The van der Waals surface area contributed by atoms with Crippen molar-refractivity contribution in [3.63, 3.8) is 0 Å². The fraction of sp³-hybridized carbons (Fsp3) is 0.600. The molecule has 0 spiro atoms. The number of hydrogen-bond donors (Lipinski definition) is 2. The average molecular weight is 321 g/mol. The molecule has 1 amide bonds. The summed E-state index contributed by atoms with van der Waals surface area (Å²) in [5.41, 5.74) is 2.12. The molecule has 0 saturated heterocycles. The molecule has 2 rings (SSSR count). The topological polar surface area (TPSA) is 106 Å². The lowest BCUT2D eigenvalue weighted by molar-refractivity contribution is -0.121. The maximum atomic E-state index is 11.7. The normalized spacial score (nSPS) is 10.9. The monoisotopic (exact) mass is 321 g/mol. The maximum Gasteiger partial charge on any atom is 0.438 e. The van der Waals surface area contributed by atoms with E-state index in [1.54, 1.807) is 0 Å². The molecule has 0 aliphatic carbocycles. The summed E-state index contributed by atoms with van der Waals surface area (Å²) in [6.07, 6.45) is 3.56. The Bertz CT molecular complexity index is 685. The van der Waals surface area contributed by atoms with E-state index in [2.05, 4.69) is 25.1 Å². The molecule has 2 aromatic rings. The van der Waals surface area contributed by atoms with Gasteiger partial charge in [-0.05, 0) is 39.2 Å². The number of aromatic nitrogens is 4. The lowest BCUT2D eigenvalue weighted by atomic mass is 10.2. The van der Waals surface area contributed by atoms with Gasteiger partial charge < -0.3 is 5.32 Å². The molecule has 0 fully saturated rings. The largest absolute Gasteiger partial charge is 0.438 e. The van der Waals surface area contributed by atoms with Crippen molar-refractivity contribution in [3.8, 4) is 0 Å². The van der Waals surface area contributed by atoms with E-state index >= 15 is 0 Å². The van der Waals surface area contributed by atoms with Crippen LogP contribution in [0.2, 0.25) is 0 Å². The number of aryl methyl sites for hydroxylation is 4. The molecule has 2 heterocycles. The molecule has 0 aliphatic heterocycles. The van der Waals surface area contributed by atoms with E-state index in [0.717, 1.165) is 37.2 Å². The SMILES string of the molecule is Cc1cc(C)n(CCCC(=O)NCCCCc2noc(=O)[nH]2)n1. The molecule has 2 N–H and O–H groups in total. The molecule has 23 heavy (non-hydrogen) atoms. The van der Waals surface area contributed by atoms with E-state index in [0.29, 0.717) is 25.2 Å². The summed E-state index contributed by atoms with van der Waals surface area (Å²) >= 11 is 0. The van der Waals surface area contributed by atoms with E-state index in [1.807, 2.05) is 24.6 Å². The number of carbonyl (C=O) groups excluding carboxylic acids is 1. The van der Waals surface area contributed by atoms with Gasteiger partial charge in [0.1, 0.15) is 0 Å². The molecule has 2 aromatic heterocycles. The summed E-state index contributed by atoms with van der Waals surface area (Å²) in [4.78, 5) is 25.0. The van der Waals surface area contributed by atoms with Crippen LogP contribution in [0.25, 0.3) is 0 Å². The van der Waals surface area contributed by atoms with Crippen LogP contribution in [0.3, 0.4) is 0 Å². The number of nitrogens with zero attached hydrogens (tertiary/aromatic N) is 3. The molecule has 8 nitrogen and oxygen atoms in total. The summed E-state index contributed by atoms with van der Waals surface area (Å²) in [6, 6.07) is 2.03. The second-order valence-corrected chi connectivity index (χ2v) is 5.60. The minimum atomic E-state index is -0.532. The van der Waals surface area contributed by atoms with Gasteiger partial charge in [0.2, 0.25) is 5.91 Å². The molecule has 0 unspecified atom stereocenters. The fourth-order valence-electron chi connectivity index (χ4n) is 2.39. The second-order valence-electron chi connectivity index (χ2n) is 5.60. The van der Waals surface area contributed by atoms with Crippen LogP contribution < -0.4 is 11.1 Å². The number of unbranched alkanes of at least 4 members (excludes halogenated alkanes) is 1. The lowest BCUT2D eigenvalue weighted by Gasteiger charge is -2.06. The van der Waals surface area contributed by atoms with E-state index in [4.69, 9.17) is 0 Å². The van der Waals surface area contributed by atoms with Gasteiger partial charge in [-0.2, -0.15) is 5.10 Å². The van der Waals surface area contributed by atoms with Crippen LogP contribution in [0, 0.1) is 13.8 Å². The molecule has 0 atom stereocenters. The predicted octanol–water partition coefficient (Wildman–Crippen LogP) is 1.10. The zero-order valence-electron chi connectivity index (χ0n) is 13.6. The number of nitrogens with one attached hydrogen (secondary N) is 2. The number of carbonyl (C=O) groups is 1. The number of hydrogen-bond acceptors (Lipinski definition) is 5. The third-order valence-corrected chi connectivity index (χ3v) is 3.52. The summed E-state index contributed by atoms with van der Waals surface area (Å²) < 4.78 is 6.34. The predicted molar refractivity (Wildman–Crippen MR) is 84.0 cm³/mol. The van der Waals surface area contributed by atoms with Crippen LogP contribution in [-0.4, -0.2) is 32.4 Å². The van der Waals surface area contributed by atoms with E-state index in [1.165, 1.54) is 0 Å². The Kier molecular flexibility index (Phi) is 6.13. The Balaban J connectivity index is 1.53. The number of amides is 1. The number of aromatic amines is 1. The standard InChI is InChI=1S/C15H23N5O3/c1-11-10-12(2)20(18-11)9-5-7-14(21)16-8-4-3-6-13-17-15(22)23-19-13/h10H,3-9H2,1-2H3,(H,16,21)(H,17,19,22). The molecule has 0 aliphatic rings. The van der Waals surface area contributed by atoms with Crippen molar-refractivity contribution >= 4 is 5.91 Å². The molecule has 0 saturated carbocycles. The smallest absolute Gasteiger partial charge is 0.356 e. The van der Waals surface area contributed by atoms with Crippen molar-refractivity contribution in [1.29, 1.82) is 0 Å². The Labute approximate surface area is 134 Å². The Morgan fingerprint density at radius 3 is 2.83 bits per heavy atom. The average Bonchev–Trinajstić information content (AvgIpc) is 3.04. The summed E-state index contributed by atoms with van der Waals surface area (Å²) in [6.45, 7) is 5.36. The molecule has 0 radical (unpaired) electrons. The van der Waals surface area contributed by atoms with Crippen molar-refractivity contribution in [2.75, 3.05) is 6.54 Å². The molecular formula is C15H23N5O3. The Morgan fingerprint density at radius 1 is 1.35 bits per heavy atom. The minimum Gasteiger partial charge on any atom is -0.356 e. The first kappa shape index (κ1) is 17.0. The van der Waals surface area contributed by atoms with Crippen LogP contribution >= 0.6 is 0 Å². The molecule has 0 aromatic carbocycles. The first-order valence-corrected chi connectivity index (χ1v) is 7.87. The van der Waals surface area contributed by atoms with Crippen molar-refractivity contribution in [3.05, 3.63) is 33.8 Å². The summed E-state index contributed by atoms with van der Waals surface area (Å²) in [5, 5.41) is 10.9. The van der Waals surface area contributed by atoms with Crippen LogP contribution in [-0.2, 0) is 17.8 Å². The van der Waals surface area contributed by atoms with Crippen LogP contribution in [0.1, 0.15) is 42.9 Å². The van der Waals surface area contributed by atoms with Crippen molar-refractivity contribution < 1.29 is 9.32 Å². The third kappa shape index (κ3) is 5.72. The molecule has 8 heteroatoms. The van der Waals surface area contributed by atoms with Gasteiger partial charge in [0.15, 0.2) is 5.82 Å². The van der Waals surface area contributed by atoms with Gasteiger partial charge in [0.25, 0.3) is 0 Å². The van der Waals surface area contributed by atoms with Crippen molar-refractivity contribution in [2.24, 2.45) is 0 Å². The van der Waals surface area contributed by atoms with Gasteiger partial charge in [-0.3, -0.25) is 19.0 Å². The highest BCUT2D eigenvalue weighted by Crippen LogP contribution is 2.04. The summed E-state index contributed by atoms with van der Waals surface area (Å²) in [7, 11) is 0. The van der Waals surface area contributed by atoms with Crippen molar-refractivity contribution in [2.45, 2.75) is 52.5 Å². The zero-order chi connectivity index (χ0) is 16.7. The second kappa shape index (κ2) is 8.30. The van der Waals surface area contributed by atoms with E-state index in [9.17, 15) is 9.59 Å². The number of H-pyrrole nitrogens is 1. The number of rotatable bonds is 9. The minimum absolute atomic E-state index is 0.0568. The van der Waals surface area contributed by atoms with Gasteiger partial charge in [-0.1, -0.05) is 5.16 Å². The molecule has 0 bridgehead atoms. The van der Waals surface area contributed by atoms with Gasteiger partial charge in [-0.15, -0.1) is 0 Å². The fourth-order valence-corrected chi connectivity index (χ4v) is 2.39. The van der Waals surface area contributed by atoms with Crippen LogP contribution in [0.4, 0.5) is 0 Å². The molecular weight excluding hydrogens is 298 g/mol. The van der Waals surface area contributed by atoms with Crippen LogP contribution in [0.5, 0.6) is 0 Å². The van der Waals surface area contributed by atoms with Crippen LogP contribution in [0.15, 0.2) is 15.4 Å². The Morgan fingerprint density at radius 2 is 2.17 bits per heavy atom. The third-order valence-electron chi connectivity index (χ3n) is 3.52. The Hall–Kier alpha value is -2.38. The summed E-state index contributed by atoms with van der Waals surface area (Å²) in [5.74, 6) is 0.0727. The van der Waals surface area contributed by atoms with Gasteiger partial charge in [0.05, 0.1) is 5.69 Å². The van der Waals surface area contributed by atoms with E-state index < -0.39 is 5.76 Å². The first-order valence-electron chi connectivity index (χ1n) is 7.87. The lowest BCUT2D eigenvalue weighted by Crippen LogP contribution is -2.24. The highest BCUT2D eigenvalue weighted by molar-refractivity contribution is 5.75.